The lowest BCUT2D eigenvalue weighted by molar-refractivity contribution is -0.139. The maximum atomic E-state index is 13.6. The Kier molecular flexibility index (Phi) is 7.17. The van der Waals surface area contributed by atoms with Gasteiger partial charge >= 0.3 is 0 Å². The van der Waals surface area contributed by atoms with E-state index in [2.05, 4.69) is 4.72 Å². The van der Waals surface area contributed by atoms with Crippen molar-refractivity contribution in [2.75, 3.05) is 19.4 Å². The van der Waals surface area contributed by atoms with Gasteiger partial charge in [-0.25, -0.2) is 21.9 Å². The first kappa shape index (κ1) is 23.6. The lowest BCUT2D eigenvalue weighted by atomic mass is 9.82. The van der Waals surface area contributed by atoms with Gasteiger partial charge in [-0.2, -0.15) is 0 Å². The van der Waals surface area contributed by atoms with E-state index in [1.807, 2.05) is 4.90 Å². The van der Waals surface area contributed by atoms with Gasteiger partial charge < -0.3 is 9.64 Å². The van der Waals surface area contributed by atoms with Crippen molar-refractivity contribution in [3.8, 4) is 0 Å². The molecule has 1 N–H and O–H groups in total. The lowest BCUT2D eigenvalue weighted by Crippen LogP contribution is -2.59. The third-order valence-electron chi connectivity index (χ3n) is 6.89. The van der Waals surface area contributed by atoms with Gasteiger partial charge in [0.15, 0.2) is 0 Å². The molecule has 1 saturated heterocycles. The van der Waals surface area contributed by atoms with Crippen molar-refractivity contribution in [1.29, 1.82) is 0 Å². The van der Waals surface area contributed by atoms with E-state index in [1.54, 1.807) is 0 Å². The highest BCUT2D eigenvalue weighted by molar-refractivity contribution is 7.88. The molecule has 3 aliphatic rings. The van der Waals surface area contributed by atoms with E-state index >= 15 is 0 Å². The van der Waals surface area contributed by atoms with E-state index in [4.69, 9.17) is 4.74 Å². The summed E-state index contributed by atoms with van der Waals surface area (Å²) >= 11 is 0. The minimum atomic E-state index is -3.40. The monoisotopic (exact) mass is 470 g/mol. The van der Waals surface area contributed by atoms with Gasteiger partial charge in [0.25, 0.3) is 0 Å². The number of amides is 1. The van der Waals surface area contributed by atoms with E-state index in [0.29, 0.717) is 18.5 Å². The molecule has 3 fully saturated rings. The van der Waals surface area contributed by atoms with Crippen molar-refractivity contribution in [2.45, 2.75) is 75.5 Å². The first-order chi connectivity index (χ1) is 15.2. The highest BCUT2D eigenvalue weighted by Crippen LogP contribution is 2.36. The fourth-order valence-corrected chi connectivity index (χ4v) is 5.95. The van der Waals surface area contributed by atoms with Crippen molar-refractivity contribution in [3.05, 3.63) is 35.4 Å². The molecule has 0 spiro atoms. The average Bonchev–Trinajstić information content (AvgIpc) is 3.56. The zero-order valence-electron chi connectivity index (χ0n) is 18.4. The number of carbonyl (C=O) groups excluding carboxylic acids is 1. The molecule has 1 aromatic rings. The van der Waals surface area contributed by atoms with E-state index in [-0.39, 0.29) is 42.5 Å². The van der Waals surface area contributed by atoms with Crippen LogP contribution in [0.4, 0.5) is 8.78 Å². The van der Waals surface area contributed by atoms with Crippen LogP contribution in [0.15, 0.2) is 18.2 Å². The number of rotatable bonds is 7. The van der Waals surface area contributed by atoms with Gasteiger partial charge in [0.1, 0.15) is 11.6 Å². The maximum Gasteiger partial charge on any atom is 0.226 e. The molecular formula is C23H32F2N2O4S. The minimum Gasteiger partial charge on any atom is -0.376 e. The predicted octanol–water partition coefficient (Wildman–Crippen LogP) is 3.33. The van der Waals surface area contributed by atoms with Gasteiger partial charge in [0.2, 0.25) is 15.9 Å². The Morgan fingerprint density at radius 2 is 1.72 bits per heavy atom. The van der Waals surface area contributed by atoms with Crippen molar-refractivity contribution in [3.63, 3.8) is 0 Å². The number of carbonyl (C=O) groups is 1. The van der Waals surface area contributed by atoms with Gasteiger partial charge in [0.05, 0.1) is 25.0 Å². The molecule has 0 aromatic heterocycles. The summed E-state index contributed by atoms with van der Waals surface area (Å²) in [6, 6.07) is 3.02. The van der Waals surface area contributed by atoms with Crippen LogP contribution < -0.4 is 4.72 Å². The Morgan fingerprint density at radius 1 is 1.06 bits per heavy atom. The molecular weight excluding hydrogens is 438 g/mol. The topological polar surface area (TPSA) is 75.7 Å². The number of nitrogens with zero attached hydrogens (tertiary/aromatic N) is 1. The van der Waals surface area contributed by atoms with Crippen LogP contribution in [-0.2, 0) is 19.6 Å². The Balaban J connectivity index is 1.37. The second-order valence-corrected chi connectivity index (χ2v) is 11.3. The summed E-state index contributed by atoms with van der Waals surface area (Å²) in [5, 5.41) is 0. The Bertz CT molecular complexity index is 910. The first-order valence-electron chi connectivity index (χ1n) is 11.5. The van der Waals surface area contributed by atoms with Crippen LogP contribution in [0.3, 0.4) is 0 Å². The zero-order valence-corrected chi connectivity index (χ0v) is 19.3. The van der Waals surface area contributed by atoms with E-state index < -0.39 is 21.7 Å². The van der Waals surface area contributed by atoms with Crippen molar-refractivity contribution in [2.24, 2.45) is 5.92 Å². The van der Waals surface area contributed by atoms with Gasteiger partial charge in [-0.1, -0.05) is 0 Å². The number of nitrogens with one attached hydrogen (secondary N) is 1. The number of hydrogen-bond acceptors (Lipinski definition) is 4. The molecule has 1 aromatic carbocycles. The van der Waals surface area contributed by atoms with Gasteiger partial charge in [-0.05, 0) is 75.0 Å². The third kappa shape index (κ3) is 6.05. The second-order valence-electron chi connectivity index (χ2n) is 9.52. The largest absolute Gasteiger partial charge is 0.376 e. The third-order valence-corrected chi connectivity index (χ3v) is 7.62. The van der Waals surface area contributed by atoms with Crippen LogP contribution in [0.1, 0.15) is 62.8 Å². The zero-order chi connectivity index (χ0) is 22.9. The molecule has 4 rings (SSSR count). The van der Waals surface area contributed by atoms with Crippen LogP contribution in [0.25, 0.3) is 0 Å². The van der Waals surface area contributed by atoms with Crippen molar-refractivity contribution >= 4 is 15.9 Å². The number of halogens is 2. The molecule has 1 heterocycles. The fraction of sp³-hybridized carbons (Fsp3) is 0.696. The Morgan fingerprint density at radius 3 is 2.31 bits per heavy atom. The van der Waals surface area contributed by atoms with Gasteiger partial charge in [-0.3, -0.25) is 4.79 Å². The number of sulfonamides is 1. The molecule has 9 heteroatoms. The average molecular weight is 471 g/mol. The summed E-state index contributed by atoms with van der Waals surface area (Å²) in [7, 11) is -3.40. The maximum absolute atomic E-state index is 13.6. The number of piperidine rings is 1. The molecule has 1 amide bonds. The normalized spacial score (nSPS) is 29.2. The van der Waals surface area contributed by atoms with E-state index in [0.717, 1.165) is 57.3 Å². The molecule has 2 aliphatic carbocycles. The quantitative estimate of drug-likeness (QED) is 0.663. The molecule has 2 saturated carbocycles. The first-order valence-corrected chi connectivity index (χ1v) is 13.4. The van der Waals surface area contributed by atoms with Crippen LogP contribution >= 0.6 is 0 Å². The van der Waals surface area contributed by atoms with Crippen LogP contribution in [0.5, 0.6) is 0 Å². The number of ether oxygens (including phenoxy) is 1. The van der Waals surface area contributed by atoms with E-state index in [1.165, 1.54) is 12.1 Å². The summed E-state index contributed by atoms with van der Waals surface area (Å²) in [6.45, 7) is 0.915. The van der Waals surface area contributed by atoms with Crippen molar-refractivity contribution < 1.29 is 26.7 Å². The number of benzene rings is 1. The number of likely N-dealkylation sites (tertiary alicyclic amines) is 1. The van der Waals surface area contributed by atoms with Crippen LogP contribution in [-0.4, -0.2) is 56.8 Å². The molecule has 178 valence electrons. The number of hydrogen-bond donors (Lipinski definition) is 1. The van der Waals surface area contributed by atoms with Gasteiger partial charge in [-0.15, -0.1) is 0 Å². The molecule has 1 aliphatic heterocycles. The second kappa shape index (κ2) is 9.73. The molecule has 32 heavy (non-hydrogen) atoms. The molecule has 2 atom stereocenters. The summed E-state index contributed by atoms with van der Waals surface area (Å²) in [5.74, 6) is -0.838. The minimum absolute atomic E-state index is 0.0108. The Hall–Kier alpha value is -1.58. The Labute approximate surface area is 188 Å². The molecule has 0 bridgehead atoms. The summed E-state index contributed by atoms with van der Waals surface area (Å²) in [5.41, 5.74) is 0.687. The van der Waals surface area contributed by atoms with Gasteiger partial charge in [0, 0.05) is 24.6 Å². The smallest absolute Gasteiger partial charge is 0.226 e. The highest BCUT2D eigenvalue weighted by atomic mass is 32.2. The van der Waals surface area contributed by atoms with E-state index in [9.17, 15) is 22.0 Å². The molecule has 0 radical (unpaired) electrons. The molecule has 6 nitrogen and oxygen atoms in total. The van der Waals surface area contributed by atoms with Crippen molar-refractivity contribution in [1.82, 2.24) is 9.62 Å². The predicted molar refractivity (Wildman–Crippen MR) is 117 cm³/mol. The summed E-state index contributed by atoms with van der Waals surface area (Å²) in [4.78, 5) is 14.6. The summed E-state index contributed by atoms with van der Waals surface area (Å²) in [6.07, 6.45) is 7.43. The standard InChI is InChI=1S/C23H32F2N2O4S/c1-32(29,30)26-21-3-2-10-27(23(28)16-4-5-16)22(21)14-31-20-8-6-15(7-9-20)17-11-18(24)13-19(25)12-17/h11-13,15-16,20-22,26H,2-10,14H2,1H3/t15?,20?,21-,22-/m0/s1. The van der Waals surface area contributed by atoms with Crippen LogP contribution in [0.2, 0.25) is 0 Å². The SMILES string of the molecule is CS(=O)(=O)N[C@H]1CCCN(C(=O)C2CC2)[C@H]1COC1CCC(c2cc(F)cc(F)c2)CC1. The highest BCUT2D eigenvalue weighted by Gasteiger charge is 2.41. The summed E-state index contributed by atoms with van der Waals surface area (Å²) < 4.78 is 59.8. The van der Waals surface area contributed by atoms with Crippen LogP contribution in [0, 0.1) is 17.6 Å². The molecule has 0 unspecified atom stereocenters. The lowest BCUT2D eigenvalue weighted by Gasteiger charge is -2.42. The fourth-order valence-electron chi connectivity index (χ4n) is 5.12.